The molecule has 1 fully saturated rings. The van der Waals surface area contributed by atoms with Gasteiger partial charge in [-0.05, 0) is 0 Å². The molecule has 0 spiro atoms. The predicted octanol–water partition coefficient (Wildman–Crippen LogP) is -1.53. The minimum absolute atomic E-state index is 0.0320. The van der Waals surface area contributed by atoms with Crippen LogP contribution in [0.5, 0.6) is 0 Å². The Labute approximate surface area is 108 Å². The van der Waals surface area contributed by atoms with Crippen molar-refractivity contribution in [3.8, 4) is 0 Å². The highest BCUT2D eigenvalue weighted by Gasteiger charge is 2.44. The Morgan fingerprint density at radius 2 is 1.11 bits per heavy atom. The van der Waals surface area contributed by atoms with Crippen LogP contribution in [0, 0.1) is 0 Å². The van der Waals surface area contributed by atoms with Crippen molar-refractivity contribution in [3.63, 3.8) is 0 Å². The van der Waals surface area contributed by atoms with Crippen LogP contribution in [0.1, 0.15) is 0 Å². The van der Waals surface area contributed by atoms with E-state index in [1.807, 2.05) is 0 Å². The third-order valence-electron chi connectivity index (χ3n) is 2.69. The van der Waals surface area contributed by atoms with Crippen molar-refractivity contribution in [2.45, 2.75) is 12.5 Å². The molecule has 108 valence electrons. The van der Waals surface area contributed by atoms with Crippen molar-refractivity contribution in [1.29, 1.82) is 0 Å². The van der Waals surface area contributed by atoms with Gasteiger partial charge in [-0.25, -0.2) is 16.8 Å². The fourth-order valence-corrected chi connectivity index (χ4v) is 3.87. The van der Waals surface area contributed by atoms with E-state index in [-0.39, 0.29) is 13.1 Å². The van der Waals surface area contributed by atoms with Crippen molar-refractivity contribution in [2.75, 3.05) is 39.8 Å². The molecule has 0 aliphatic carbocycles. The molecule has 0 unspecified atom stereocenters. The lowest BCUT2D eigenvalue weighted by atomic mass is 10.3. The molecular formula is C8H18N2O6S2. The fraction of sp³-hybridized carbons (Fsp3) is 1.00. The number of ether oxygens (including phenoxy) is 2. The van der Waals surface area contributed by atoms with Crippen LogP contribution in [-0.2, 0) is 29.5 Å². The maximum absolute atomic E-state index is 11.6. The Balaban J connectivity index is 3.13. The summed E-state index contributed by atoms with van der Waals surface area (Å²) >= 11 is 0. The van der Waals surface area contributed by atoms with Crippen LogP contribution in [0.2, 0.25) is 0 Å². The lowest BCUT2D eigenvalue weighted by Gasteiger charge is -2.43. The van der Waals surface area contributed by atoms with Gasteiger partial charge in [-0.15, -0.1) is 0 Å². The number of sulfonamides is 2. The van der Waals surface area contributed by atoms with Crippen LogP contribution in [0.4, 0.5) is 0 Å². The SMILES string of the molecule is CO[C@@H]1[C@H](OC)N(S(C)(=O)=O)CCN1S(C)(=O)=O. The van der Waals surface area contributed by atoms with Crippen molar-refractivity contribution in [1.82, 2.24) is 8.61 Å². The number of rotatable bonds is 4. The minimum atomic E-state index is -3.49. The maximum atomic E-state index is 11.6. The average molecular weight is 302 g/mol. The third kappa shape index (κ3) is 3.19. The van der Waals surface area contributed by atoms with Gasteiger partial charge in [-0.2, -0.15) is 8.61 Å². The summed E-state index contributed by atoms with van der Waals surface area (Å²) in [4.78, 5) is 0. The Morgan fingerprint density at radius 3 is 1.28 bits per heavy atom. The van der Waals surface area contributed by atoms with Gasteiger partial charge in [-0.3, -0.25) is 0 Å². The van der Waals surface area contributed by atoms with Crippen LogP contribution in [0.3, 0.4) is 0 Å². The van der Waals surface area contributed by atoms with Gasteiger partial charge in [0.1, 0.15) is 0 Å². The van der Waals surface area contributed by atoms with Crippen LogP contribution in [-0.4, -0.2) is 77.7 Å². The molecule has 1 aliphatic heterocycles. The summed E-state index contributed by atoms with van der Waals surface area (Å²) < 4.78 is 58.7. The van der Waals surface area contributed by atoms with Crippen LogP contribution in [0.15, 0.2) is 0 Å². The first kappa shape index (κ1) is 15.8. The van der Waals surface area contributed by atoms with Gasteiger partial charge in [-0.1, -0.05) is 0 Å². The van der Waals surface area contributed by atoms with E-state index in [1.54, 1.807) is 0 Å². The van der Waals surface area contributed by atoms with E-state index in [1.165, 1.54) is 14.2 Å². The highest BCUT2D eigenvalue weighted by atomic mass is 32.2. The van der Waals surface area contributed by atoms with Gasteiger partial charge < -0.3 is 9.47 Å². The van der Waals surface area contributed by atoms with E-state index < -0.39 is 32.5 Å². The van der Waals surface area contributed by atoms with Crippen LogP contribution in [0.25, 0.3) is 0 Å². The molecule has 0 aromatic heterocycles. The normalized spacial score (nSPS) is 28.4. The van der Waals surface area contributed by atoms with E-state index in [2.05, 4.69) is 0 Å². The monoisotopic (exact) mass is 302 g/mol. The van der Waals surface area contributed by atoms with Crippen LogP contribution < -0.4 is 0 Å². The summed E-state index contributed by atoms with van der Waals surface area (Å²) in [5.41, 5.74) is 0. The standard InChI is InChI=1S/C8H18N2O6S2/c1-15-7-8(16-2)10(18(4,13)14)6-5-9(7)17(3,11)12/h7-8H,5-6H2,1-4H3/t7-,8+. The number of hydrogen-bond acceptors (Lipinski definition) is 6. The third-order valence-corrected chi connectivity index (χ3v) is 5.17. The molecule has 8 nitrogen and oxygen atoms in total. The van der Waals surface area contributed by atoms with Gasteiger partial charge in [0.2, 0.25) is 20.0 Å². The molecule has 1 saturated heterocycles. The van der Waals surface area contributed by atoms with Gasteiger partial charge in [0, 0.05) is 27.3 Å². The molecular weight excluding hydrogens is 284 g/mol. The minimum Gasteiger partial charge on any atom is -0.361 e. The van der Waals surface area contributed by atoms with E-state index in [9.17, 15) is 16.8 Å². The summed E-state index contributed by atoms with van der Waals surface area (Å²) in [6.45, 7) is 0.0640. The molecule has 0 radical (unpaired) electrons. The lowest BCUT2D eigenvalue weighted by molar-refractivity contribution is -0.153. The van der Waals surface area contributed by atoms with Gasteiger partial charge >= 0.3 is 0 Å². The number of piperazine rings is 1. The molecule has 2 atom stereocenters. The molecule has 1 aliphatic rings. The molecule has 0 amide bonds. The van der Waals surface area contributed by atoms with E-state index in [4.69, 9.17) is 9.47 Å². The smallest absolute Gasteiger partial charge is 0.213 e. The first-order valence-corrected chi connectivity index (χ1v) is 8.82. The quantitative estimate of drug-likeness (QED) is 0.625. The largest absolute Gasteiger partial charge is 0.361 e. The zero-order chi connectivity index (χ0) is 14.1. The number of nitrogens with zero attached hydrogens (tertiary/aromatic N) is 2. The highest BCUT2D eigenvalue weighted by Crippen LogP contribution is 2.23. The summed E-state index contributed by atoms with van der Waals surface area (Å²) in [7, 11) is -4.37. The molecule has 0 N–H and O–H groups in total. The van der Waals surface area contributed by atoms with Crippen LogP contribution >= 0.6 is 0 Å². The summed E-state index contributed by atoms with van der Waals surface area (Å²) in [5, 5.41) is 0. The molecule has 18 heavy (non-hydrogen) atoms. The van der Waals surface area contributed by atoms with E-state index in [0.29, 0.717) is 0 Å². The highest BCUT2D eigenvalue weighted by molar-refractivity contribution is 7.88. The van der Waals surface area contributed by atoms with Gasteiger partial charge in [0.15, 0.2) is 12.5 Å². The molecule has 0 bridgehead atoms. The second kappa shape index (κ2) is 5.39. The van der Waals surface area contributed by atoms with Crippen molar-refractivity contribution in [2.24, 2.45) is 0 Å². The first-order chi connectivity index (χ1) is 8.12. The van der Waals surface area contributed by atoms with Crippen molar-refractivity contribution in [3.05, 3.63) is 0 Å². The maximum Gasteiger partial charge on any atom is 0.213 e. The zero-order valence-corrected chi connectivity index (χ0v) is 12.4. The van der Waals surface area contributed by atoms with E-state index in [0.717, 1.165) is 21.1 Å². The molecule has 0 aromatic rings. The topological polar surface area (TPSA) is 93.2 Å². The molecule has 0 aromatic carbocycles. The summed E-state index contributed by atoms with van der Waals surface area (Å²) in [6, 6.07) is 0. The molecule has 0 saturated carbocycles. The summed E-state index contributed by atoms with van der Waals surface area (Å²) in [6.07, 6.45) is 0.103. The predicted molar refractivity (Wildman–Crippen MR) is 64.7 cm³/mol. The molecule has 10 heteroatoms. The van der Waals surface area contributed by atoms with Crippen molar-refractivity contribution < 1.29 is 26.3 Å². The Bertz CT molecular complexity index is 442. The fourth-order valence-electron chi connectivity index (χ4n) is 1.91. The summed E-state index contributed by atoms with van der Waals surface area (Å²) in [5.74, 6) is 0. The number of methoxy groups -OCH3 is 2. The van der Waals surface area contributed by atoms with Gasteiger partial charge in [0.25, 0.3) is 0 Å². The second-order valence-corrected chi connectivity index (χ2v) is 7.87. The Kier molecular flexibility index (Phi) is 4.73. The Morgan fingerprint density at radius 1 is 0.833 bits per heavy atom. The zero-order valence-electron chi connectivity index (χ0n) is 10.7. The lowest BCUT2D eigenvalue weighted by Crippen LogP contribution is -2.63. The first-order valence-electron chi connectivity index (χ1n) is 5.12. The van der Waals surface area contributed by atoms with E-state index >= 15 is 0 Å². The van der Waals surface area contributed by atoms with Crippen molar-refractivity contribution >= 4 is 20.0 Å². The second-order valence-electron chi connectivity index (χ2n) is 4.00. The van der Waals surface area contributed by atoms with Gasteiger partial charge in [0.05, 0.1) is 12.5 Å². The molecule has 1 rings (SSSR count). The Hall–Kier alpha value is -0.260. The molecule has 1 heterocycles. The average Bonchev–Trinajstić information content (AvgIpc) is 2.24. The number of hydrogen-bond donors (Lipinski definition) is 0.